The van der Waals surface area contributed by atoms with Gasteiger partial charge in [0.15, 0.2) is 15.6 Å². The third-order valence-corrected chi connectivity index (χ3v) is 5.43. The molecule has 0 aliphatic heterocycles. The number of halogens is 3. The molecule has 0 bridgehead atoms. The quantitative estimate of drug-likeness (QED) is 0.193. The van der Waals surface area contributed by atoms with Crippen LogP contribution in [0.15, 0.2) is 53.4 Å². The zero-order chi connectivity index (χ0) is 26.7. The number of hydrogen-bond acceptors (Lipinski definition) is 7. The van der Waals surface area contributed by atoms with Gasteiger partial charge in [0.05, 0.1) is 10.6 Å². The van der Waals surface area contributed by atoms with Crippen LogP contribution in [-0.4, -0.2) is 48.8 Å². The molecule has 0 aliphatic rings. The lowest BCUT2D eigenvalue weighted by molar-refractivity contribution is -0.192. The van der Waals surface area contributed by atoms with Gasteiger partial charge in [0.25, 0.3) is 0 Å². The highest BCUT2D eigenvalue weighted by molar-refractivity contribution is 7.90. The number of aliphatic carboxylic acids is 1. The average Bonchev–Trinajstić information content (AvgIpc) is 2.73. The highest BCUT2D eigenvalue weighted by Gasteiger charge is 2.38. The molecular weight excluding hydrogens is 495 g/mol. The van der Waals surface area contributed by atoms with Crippen LogP contribution in [-0.2, 0) is 14.6 Å². The molecule has 14 heteroatoms. The molecule has 0 saturated carbocycles. The smallest absolute Gasteiger partial charge is 0.478 e. The third kappa shape index (κ3) is 6.83. The largest absolute Gasteiger partial charge is 0.490 e. The van der Waals surface area contributed by atoms with E-state index in [1.807, 2.05) is 0 Å². The summed E-state index contributed by atoms with van der Waals surface area (Å²) in [6.07, 6.45) is -4.12. The molecule has 0 amide bonds. The van der Waals surface area contributed by atoms with Gasteiger partial charge in [0.1, 0.15) is 17.1 Å². The van der Waals surface area contributed by atoms with E-state index in [9.17, 15) is 31.5 Å². The number of amidine groups is 1. The van der Waals surface area contributed by atoms with Gasteiger partial charge in [0.2, 0.25) is 0 Å². The molecule has 0 spiro atoms. The number of nitrogens with two attached hydrogens (primary N) is 2. The van der Waals surface area contributed by atoms with E-state index < -0.39 is 28.0 Å². The van der Waals surface area contributed by atoms with Crippen LogP contribution in [0.3, 0.4) is 0 Å². The maximum Gasteiger partial charge on any atom is 0.490 e. The van der Waals surface area contributed by atoms with E-state index >= 15 is 0 Å². The number of carboxylic acids is 2. The average molecular weight is 513 g/mol. The zero-order valence-electron chi connectivity index (χ0n) is 17.8. The third-order valence-electron chi connectivity index (χ3n) is 4.33. The first-order valence-electron chi connectivity index (χ1n) is 9.23. The molecule has 35 heavy (non-hydrogen) atoms. The maximum atomic E-state index is 11.7. The van der Waals surface area contributed by atoms with Crippen molar-refractivity contribution in [3.63, 3.8) is 0 Å². The molecule has 3 aromatic rings. The summed E-state index contributed by atoms with van der Waals surface area (Å²) in [5.74, 6) is -3.98. The summed E-state index contributed by atoms with van der Waals surface area (Å²) in [5, 5.41) is 25.7. The first kappa shape index (κ1) is 26.9. The molecule has 10 nitrogen and oxygen atoms in total. The van der Waals surface area contributed by atoms with Gasteiger partial charge in [0, 0.05) is 11.8 Å². The number of alkyl halides is 3. The summed E-state index contributed by atoms with van der Waals surface area (Å²) >= 11 is 0. The van der Waals surface area contributed by atoms with Crippen molar-refractivity contribution in [1.29, 1.82) is 5.41 Å². The van der Waals surface area contributed by atoms with Crippen LogP contribution in [0.5, 0.6) is 11.5 Å². The second kappa shape index (κ2) is 9.89. The van der Waals surface area contributed by atoms with Gasteiger partial charge in [-0.3, -0.25) is 5.41 Å². The second-order valence-corrected chi connectivity index (χ2v) is 9.02. The lowest BCUT2D eigenvalue weighted by Gasteiger charge is -2.14. The van der Waals surface area contributed by atoms with Crippen molar-refractivity contribution in [1.82, 2.24) is 0 Å². The fraction of sp³-hybridized carbons (Fsp3) is 0.0952. The molecule has 3 rings (SSSR count). The van der Waals surface area contributed by atoms with E-state index in [4.69, 9.17) is 31.5 Å². The Hall–Kier alpha value is -4.33. The predicted molar refractivity (Wildman–Crippen MR) is 120 cm³/mol. The molecule has 0 radical (unpaired) electrons. The number of aromatic carboxylic acids is 1. The highest BCUT2D eigenvalue weighted by Crippen LogP contribution is 2.35. The Bertz CT molecular complexity index is 1440. The SMILES string of the molecule is CS(=O)(=O)c1cc(N)c(Oc2ccc3cc(C(=N)N)ccc3c2)c(C(=O)O)c1.O=C(O)C(F)(F)F. The zero-order valence-corrected chi connectivity index (χ0v) is 18.6. The lowest BCUT2D eigenvalue weighted by Crippen LogP contribution is -2.21. The Morgan fingerprint density at radius 3 is 2.03 bits per heavy atom. The molecule has 186 valence electrons. The van der Waals surface area contributed by atoms with E-state index in [2.05, 4.69) is 0 Å². The van der Waals surface area contributed by atoms with Crippen molar-refractivity contribution in [3.05, 3.63) is 59.7 Å². The van der Waals surface area contributed by atoms with Crippen LogP contribution in [0.25, 0.3) is 10.8 Å². The van der Waals surface area contributed by atoms with Gasteiger partial charge >= 0.3 is 18.1 Å². The summed E-state index contributed by atoms with van der Waals surface area (Å²) in [6.45, 7) is 0. The molecule has 0 unspecified atom stereocenters. The fourth-order valence-electron chi connectivity index (χ4n) is 2.68. The number of benzene rings is 3. The summed E-state index contributed by atoms with van der Waals surface area (Å²) in [4.78, 5) is 20.3. The minimum Gasteiger partial charge on any atom is -0.478 e. The molecular formula is C21H18F3N3O7S. The fourth-order valence-corrected chi connectivity index (χ4v) is 3.36. The van der Waals surface area contributed by atoms with E-state index in [1.54, 1.807) is 36.4 Å². The molecule has 0 saturated heterocycles. The van der Waals surface area contributed by atoms with Gasteiger partial charge in [-0.15, -0.1) is 0 Å². The van der Waals surface area contributed by atoms with Gasteiger partial charge in [-0.05, 0) is 41.1 Å². The number of ether oxygens (including phenoxy) is 1. The van der Waals surface area contributed by atoms with Crippen molar-refractivity contribution >= 4 is 44.1 Å². The molecule has 0 aromatic heterocycles. The summed E-state index contributed by atoms with van der Waals surface area (Å²) in [5.41, 5.74) is 11.5. The normalized spacial score (nSPS) is 11.3. The van der Waals surface area contributed by atoms with Crippen molar-refractivity contribution in [2.45, 2.75) is 11.1 Å². The Morgan fingerprint density at radius 2 is 1.54 bits per heavy atom. The van der Waals surface area contributed by atoms with Gasteiger partial charge in [-0.2, -0.15) is 13.2 Å². The monoisotopic (exact) mass is 513 g/mol. The van der Waals surface area contributed by atoms with E-state index in [0.717, 1.165) is 29.2 Å². The van der Waals surface area contributed by atoms with Crippen molar-refractivity contribution in [2.24, 2.45) is 5.73 Å². The van der Waals surface area contributed by atoms with Crippen LogP contribution in [0.1, 0.15) is 15.9 Å². The lowest BCUT2D eigenvalue weighted by atomic mass is 10.1. The number of carbonyl (C=O) groups is 2. The number of nitrogen functional groups attached to an aromatic ring is 2. The summed E-state index contributed by atoms with van der Waals surface area (Å²) < 4.78 is 60.9. The minimum atomic E-state index is -5.08. The molecule has 0 aliphatic carbocycles. The van der Waals surface area contributed by atoms with Crippen LogP contribution in [0.2, 0.25) is 0 Å². The van der Waals surface area contributed by atoms with E-state index in [-0.39, 0.29) is 27.7 Å². The van der Waals surface area contributed by atoms with E-state index in [1.165, 1.54) is 0 Å². The molecule has 7 N–H and O–H groups in total. The van der Waals surface area contributed by atoms with Crippen molar-refractivity contribution in [2.75, 3.05) is 12.0 Å². The van der Waals surface area contributed by atoms with Crippen LogP contribution >= 0.6 is 0 Å². The molecule has 0 fully saturated rings. The van der Waals surface area contributed by atoms with E-state index in [0.29, 0.717) is 11.3 Å². The standard InChI is InChI=1S/C19H17N3O5S.C2HF3O2/c1-28(25,26)14-8-15(19(23)24)17(16(20)9-14)27-13-5-4-10-6-12(18(21)22)3-2-11(10)7-13;3-2(4,5)1(6)7/h2-9H,20H2,1H3,(H3,21,22)(H,23,24);(H,6,7). The van der Waals surface area contributed by atoms with Crippen LogP contribution in [0, 0.1) is 5.41 Å². The number of sulfone groups is 1. The topological polar surface area (TPSA) is 194 Å². The van der Waals surface area contributed by atoms with Crippen molar-refractivity contribution < 1.29 is 46.1 Å². The number of hydrogen-bond donors (Lipinski definition) is 5. The Labute approximate surface area is 196 Å². The Morgan fingerprint density at radius 1 is 1.00 bits per heavy atom. The van der Waals surface area contributed by atoms with Gasteiger partial charge in [-0.1, -0.05) is 18.2 Å². The number of nitrogens with one attached hydrogen (secondary N) is 1. The number of fused-ring (bicyclic) bond motifs is 1. The first-order valence-corrected chi connectivity index (χ1v) is 11.1. The summed E-state index contributed by atoms with van der Waals surface area (Å²) in [6, 6.07) is 12.4. The molecule has 0 heterocycles. The molecule has 0 atom stereocenters. The van der Waals surface area contributed by atoms with Crippen LogP contribution < -0.4 is 16.2 Å². The Balaban J connectivity index is 0.000000540. The van der Waals surface area contributed by atoms with Gasteiger partial charge in [-0.25, -0.2) is 18.0 Å². The minimum absolute atomic E-state index is 0.0490. The van der Waals surface area contributed by atoms with Gasteiger partial charge < -0.3 is 26.4 Å². The number of carboxylic acid groups (broad SMARTS) is 2. The number of anilines is 1. The van der Waals surface area contributed by atoms with Crippen molar-refractivity contribution in [3.8, 4) is 11.5 Å². The predicted octanol–water partition coefficient (Wildman–Crippen LogP) is 3.23. The molecule has 3 aromatic carbocycles. The number of rotatable bonds is 5. The van der Waals surface area contributed by atoms with Crippen LogP contribution in [0.4, 0.5) is 18.9 Å². The second-order valence-electron chi connectivity index (χ2n) is 7.01. The summed E-state index contributed by atoms with van der Waals surface area (Å²) in [7, 11) is -3.64. The Kier molecular flexibility index (Phi) is 7.60. The first-order chi connectivity index (χ1) is 16.0. The highest BCUT2D eigenvalue weighted by atomic mass is 32.2. The maximum absolute atomic E-state index is 11.7.